The van der Waals surface area contributed by atoms with E-state index in [9.17, 15) is 18.3 Å². The molecule has 1 aromatic carbocycles. The van der Waals surface area contributed by atoms with E-state index in [0.29, 0.717) is 12.0 Å². The summed E-state index contributed by atoms with van der Waals surface area (Å²) in [6.45, 7) is 2.02. The van der Waals surface area contributed by atoms with Gasteiger partial charge in [0.15, 0.2) is 0 Å². The van der Waals surface area contributed by atoms with Gasteiger partial charge in [-0.25, -0.2) is 0 Å². The number of unbranched alkanes of at least 4 members (excludes halogenated alkanes) is 1. The van der Waals surface area contributed by atoms with Crippen LogP contribution >= 0.6 is 11.8 Å². The maximum absolute atomic E-state index is 12.2. The van der Waals surface area contributed by atoms with E-state index in [1.807, 2.05) is 6.92 Å². The fourth-order valence-corrected chi connectivity index (χ4v) is 2.25. The second-order valence-corrected chi connectivity index (χ2v) is 5.49. The molecule has 0 heterocycles. The fraction of sp³-hybridized carbons (Fsp3) is 0.538. The molecule has 108 valence electrons. The maximum Gasteiger partial charge on any atom is 0.446 e. The lowest BCUT2D eigenvalue weighted by molar-refractivity contribution is -0.0328. The first-order chi connectivity index (χ1) is 8.83. The third kappa shape index (κ3) is 5.84. The fourth-order valence-electron chi connectivity index (χ4n) is 1.71. The first-order valence-corrected chi connectivity index (χ1v) is 6.94. The molecule has 0 saturated heterocycles. The number of aliphatic hydroxyl groups is 1. The van der Waals surface area contributed by atoms with Crippen molar-refractivity contribution in [2.24, 2.45) is 5.73 Å². The van der Waals surface area contributed by atoms with Crippen molar-refractivity contribution in [3.8, 4) is 0 Å². The van der Waals surface area contributed by atoms with Crippen LogP contribution in [0, 0.1) is 0 Å². The normalized spacial score (nSPS) is 15.3. The summed E-state index contributed by atoms with van der Waals surface area (Å²) in [6.07, 6.45) is 1.76. The van der Waals surface area contributed by atoms with E-state index < -0.39 is 17.7 Å². The lowest BCUT2D eigenvalue weighted by Crippen LogP contribution is -2.26. The summed E-state index contributed by atoms with van der Waals surface area (Å²) in [4.78, 5) is 0.117. The summed E-state index contributed by atoms with van der Waals surface area (Å²) >= 11 is -0.160. The Hall–Kier alpha value is -0.720. The molecule has 0 saturated carbocycles. The number of benzene rings is 1. The first-order valence-electron chi connectivity index (χ1n) is 6.13. The van der Waals surface area contributed by atoms with E-state index in [0.717, 1.165) is 12.8 Å². The predicted molar refractivity (Wildman–Crippen MR) is 70.8 cm³/mol. The molecule has 2 nitrogen and oxygen atoms in total. The molecule has 0 aliphatic heterocycles. The van der Waals surface area contributed by atoms with E-state index in [1.54, 1.807) is 0 Å². The van der Waals surface area contributed by atoms with Crippen LogP contribution in [0.5, 0.6) is 0 Å². The highest BCUT2D eigenvalue weighted by Gasteiger charge is 2.29. The number of nitrogens with two attached hydrogens (primary N) is 1. The van der Waals surface area contributed by atoms with E-state index >= 15 is 0 Å². The zero-order chi connectivity index (χ0) is 14.5. The van der Waals surface area contributed by atoms with Crippen molar-refractivity contribution in [1.29, 1.82) is 0 Å². The highest BCUT2D eigenvalue weighted by atomic mass is 32.2. The van der Waals surface area contributed by atoms with Crippen LogP contribution in [0.1, 0.15) is 37.8 Å². The third-order valence-corrected chi connectivity index (χ3v) is 3.51. The van der Waals surface area contributed by atoms with Crippen molar-refractivity contribution >= 4 is 11.8 Å². The van der Waals surface area contributed by atoms with Gasteiger partial charge in [-0.15, -0.1) is 0 Å². The average molecular weight is 293 g/mol. The number of thioether (sulfide) groups is 1. The Labute approximate surface area is 115 Å². The lowest BCUT2D eigenvalue weighted by atomic mass is 9.98. The summed E-state index contributed by atoms with van der Waals surface area (Å²) in [5, 5.41) is 9.85. The molecule has 1 aromatic rings. The molecule has 3 N–H and O–H groups in total. The molecule has 0 aromatic heterocycles. The molecule has 2 atom stereocenters. The molecule has 0 spiro atoms. The minimum atomic E-state index is -4.29. The summed E-state index contributed by atoms with van der Waals surface area (Å²) < 4.78 is 36.5. The molecule has 0 radical (unpaired) electrons. The monoisotopic (exact) mass is 293 g/mol. The smallest absolute Gasteiger partial charge is 0.391 e. The van der Waals surface area contributed by atoms with Gasteiger partial charge in [0.25, 0.3) is 0 Å². The van der Waals surface area contributed by atoms with Crippen LogP contribution in [0.3, 0.4) is 0 Å². The van der Waals surface area contributed by atoms with Gasteiger partial charge in [0.1, 0.15) is 0 Å². The largest absolute Gasteiger partial charge is 0.446 e. The number of hydrogen-bond acceptors (Lipinski definition) is 3. The highest BCUT2D eigenvalue weighted by molar-refractivity contribution is 8.00. The summed E-state index contributed by atoms with van der Waals surface area (Å²) in [5.74, 6) is 0. The van der Waals surface area contributed by atoms with Gasteiger partial charge < -0.3 is 10.8 Å². The van der Waals surface area contributed by atoms with E-state index in [2.05, 4.69) is 0 Å². The minimum absolute atomic E-state index is 0.117. The molecule has 0 aliphatic rings. The van der Waals surface area contributed by atoms with Gasteiger partial charge in [-0.1, -0.05) is 31.9 Å². The summed E-state index contributed by atoms with van der Waals surface area (Å²) in [7, 11) is 0. The van der Waals surface area contributed by atoms with Crippen LogP contribution in [0.15, 0.2) is 29.2 Å². The Bertz CT molecular complexity index is 380. The van der Waals surface area contributed by atoms with Crippen LogP contribution in [0.2, 0.25) is 0 Å². The van der Waals surface area contributed by atoms with Crippen LogP contribution in [-0.4, -0.2) is 16.7 Å². The second kappa shape index (κ2) is 7.17. The van der Waals surface area contributed by atoms with Crippen molar-refractivity contribution < 1.29 is 18.3 Å². The number of aliphatic hydroxyl groups excluding tert-OH is 1. The third-order valence-electron chi connectivity index (χ3n) is 2.77. The molecule has 0 fully saturated rings. The van der Waals surface area contributed by atoms with Crippen molar-refractivity contribution in [3.63, 3.8) is 0 Å². The number of rotatable bonds is 6. The van der Waals surface area contributed by atoms with Crippen LogP contribution in [0.25, 0.3) is 0 Å². The average Bonchev–Trinajstić information content (AvgIpc) is 2.34. The first kappa shape index (κ1) is 16.3. The maximum atomic E-state index is 12.2. The van der Waals surface area contributed by atoms with Crippen molar-refractivity contribution in [2.45, 2.75) is 48.7 Å². The summed E-state index contributed by atoms with van der Waals surface area (Å²) in [6, 6.07) is 5.26. The molecule has 0 amide bonds. The standard InChI is InChI=1S/C13H18F3NOS/c1-2-3-4-11(18)12(17)9-5-7-10(8-6-9)19-13(14,15)16/h5-8,11-12,18H,2-4,17H2,1H3/t11-,12+/m1/s1. The molecule has 0 aliphatic carbocycles. The van der Waals surface area contributed by atoms with Gasteiger partial charge in [0, 0.05) is 4.90 Å². The van der Waals surface area contributed by atoms with Gasteiger partial charge in [0.05, 0.1) is 12.1 Å². The lowest BCUT2D eigenvalue weighted by Gasteiger charge is -2.19. The number of halogens is 3. The quantitative estimate of drug-likeness (QED) is 0.783. The molecule has 6 heteroatoms. The van der Waals surface area contributed by atoms with Gasteiger partial charge >= 0.3 is 5.51 Å². The summed E-state index contributed by atoms with van der Waals surface area (Å²) in [5.41, 5.74) is 2.24. The van der Waals surface area contributed by atoms with Gasteiger partial charge in [-0.2, -0.15) is 13.2 Å². The zero-order valence-electron chi connectivity index (χ0n) is 10.7. The minimum Gasteiger partial charge on any atom is -0.391 e. The SMILES string of the molecule is CCCC[C@@H](O)[C@@H](N)c1ccc(SC(F)(F)F)cc1. The number of hydrogen-bond donors (Lipinski definition) is 2. The molecule has 1 rings (SSSR count). The second-order valence-electron chi connectivity index (χ2n) is 4.35. The van der Waals surface area contributed by atoms with Crippen LogP contribution < -0.4 is 5.73 Å². The van der Waals surface area contributed by atoms with Crippen molar-refractivity contribution in [2.75, 3.05) is 0 Å². The Morgan fingerprint density at radius 3 is 2.32 bits per heavy atom. The van der Waals surface area contributed by atoms with Crippen LogP contribution in [-0.2, 0) is 0 Å². The predicted octanol–water partition coefficient (Wildman–Crippen LogP) is 3.85. The number of alkyl halides is 3. The Balaban J connectivity index is 2.65. The molecular weight excluding hydrogens is 275 g/mol. The van der Waals surface area contributed by atoms with Crippen molar-refractivity contribution in [3.05, 3.63) is 29.8 Å². The molecular formula is C13H18F3NOS. The molecule has 19 heavy (non-hydrogen) atoms. The van der Waals surface area contributed by atoms with Gasteiger partial charge in [-0.05, 0) is 35.9 Å². The van der Waals surface area contributed by atoms with Crippen molar-refractivity contribution in [1.82, 2.24) is 0 Å². The van der Waals surface area contributed by atoms with E-state index in [4.69, 9.17) is 5.73 Å². The van der Waals surface area contributed by atoms with Crippen LogP contribution in [0.4, 0.5) is 13.2 Å². The Morgan fingerprint density at radius 1 is 1.26 bits per heavy atom. The van der Waals surface area contributed by atoms with Gasteiger partial charge in [0.2, 0.25) is 0 Å². The topological polar surface area (TPSA) is 46.2 Å². The Morgan fingerprint density at radius 2 is 1.84 bits per heavy atom. The highest BCUT2D eigenvalue weighted by Crippen LogP contribution is 2.37. The van der Waals surface area contributed by atoms with Gasteiger partial charge in [-0.3, -0.25) is 0 Å². The van der Waals surface area contributed by atoms with E-state index in [-0.39, 0.29) is 16.7 Å². The zero-order valence-corrected chi connectivity index (χ0v) is 11.5. The molecule has 0 bridgehead atoms. The van der Waals surface area contributed by atoms with E-state index in [1.165, 1.54) is 24.3 Å². The molecule has 0 unspecified atom stereocenters. The Kier molecular flexibility index (Phi) is 6.16.